The Kier molecular flexibility index (Phi) is 42.3. The van der Waals surface area contributed by atoms with Crippen LogP contribution in [-0.4, -0.2) is 318 Å². The Morgan fingerprint density at radius 3 is 0.990 bits per heavy atom. The Balaban J connectivity index is 1.51. The molecule has 0 bridgehead atoms. The molecule has 0 aromatic heterocycles. The molecule has 3 aliphatic rings. The van der Waals surface area contributed by atoms with Gasteiger partial charge >= 0.3 is 0 Å². The number of nitrogens with one attached hydrogen (secondary N) is 6. The van der Waals surface area contributed by atoms with Gasteiger partial charge in [-0.05, 0) is 51.4 Å². The highest BCUT2D eigenvalue weighted by atomic mass is 16.7. The maximum atomic E-state index is 13.7. The van der Waals surface area contributed by atoms with E-state index in [0.29, 0.717) is 25.7 Å². The van der Waals surface area contributed by atoms with E-state index in [1.807, 2.05) is 0 Å². The van der Waals surface area contributed by atoms with Crippen LogP contribution in [0.5, 0.6) is 0 Å². The average molecular weight is 1400 g/mol. The quantitative estimate of drug-likeness (QED) is 0.0252. The van der Waals surface area contributed by atoms with Crippen LogP contribution in [0.15, 0.2) is 0 Å². The number of amides is 6. The lowest BCUT2D eigenvalue weighted by Gasteiger charge is -2.39. The smallest absolute Gasteiger partial charge is 0.222 e. The minimum absolute atomic E-state index is 0.00336. The average Bonchev–Trinajstić information content (AvgIpc) is 0.843. The van der Waals surface area contributed by atoms with Crippen LogP contribution in [0.1, 0.15) is 130 Å². The van der Waals surface area contributed by atoms with E-state index in [-0.39, 0.29) is 205 Å². The summed E-state index contributed by atoms with van der Waals surface area (Å²) < 4.78 is 50.2. The summed E-state index contributed by atoms with van der Waals surface area (Å²) in [5.74, 6) is -2.44. The molecule has 0 aliphatic carbocycles. The fourth-order valence-electron chi connectivity index (χ4n) is 9.95. The molecule has 562 valence electrons. The summed E-state index contributed by atoms with van der Waals surface area (Å²) in [6.45, 7) is 3.13. The van der Waals surface area contributed by atoms with Crippen molar-refractivity contribution in [3.63, 3.8) is 0 Å². The molecule has 97 heavy (non-hydrogen) atoms. The number of ether oxygens (including phenoxy) is 9. The third-order valence-electron chi connectivity index (χ3n) is 15.9. The lowest BCUT2D eigenvalue weighted by molar-refractivity contribution is -0.301. The Labute approximate surface area is 564 Å². The van der Waals surface area contributed by atoms with Crippen LogP contribution in [0, 0.1) is 5.41 Å². The van der Waals surface area contributed by atoms with E-state index in [9.17, 15) is 99.6 Å². The molecule has 3 saturated heterocycles. The predicted octanol–water partition coefficient (Wildman–Crippen LogP) is -6.26. The fraction of sp³-hybridized carbons (Fsp3) is 0.871. The van der Waals surface area contributed by atoms with Crippen LogP contribution >= 0.6 is 0 Å². The highest BCUT2D eigenvalue weighted by Crippen LogP contribution is 2.26. The highest BCUT2D eigenvalue weighted by Gasteiger charge is 2.46. The summed E-state index contributed by atoms with van der Waals surface area (Å²) in [5, 5.41) is 135. The summed E-state index contributed by atoms with van der Waals surface area (Å²) in [5.41, 5.74) is -2.11. The molecule has 0 spiro atoms. The standard InChI is InChI=1S/C62H110N6O29/c1-61(2,3)42(73)14-6-15-48(79)68-62(35-89-29-18-45(76)63-21-5-4-12-38(72)13-7-26-92-58-55(86)52(83)49(80)39(32-69)95-58,36-90-30-19-46(77)66-24-10-22-64-43(74)16-8-27-93-59-56(87)53(84)50(81)40(33-70)96-59)37-91-31-20-47(78)67-25-11-23-65-44(75)17-9-28-94-60-57(88)54(85)51(82)41(34-71)97-60/h39-41,49-60,69-71,80-88H,4-37H2,1-3H3,(H,63,76)(H,64,74)(H,65,75)(H,66,77)(H,67,78)(H,68,79)/t39?,40?,41?,49-,50-,51-,52+,53+,54+,55?,56?,57?,58-,59-,60-,62?/m1/s1. The maximum Gasteiger partial charge on any atom is 0.222 e. The molecule has 6 unspecified atom stereocenters. The van der Waals surface area contributed by atoms with E-state index >= 15 is 0 Å². The normalized spacial score (nSPS) is 26.5. The first kappa shape index (κ1) is 86.5. The number of aliphatic hydroxyl groups is 12. The maximum absolute atomic E-state index is 13.7. The molecular weight excluding hydrogens is 1290 g/mol. The second-order valence-electron chi connectivity index (χ2n) is 25.2. The number of hydrogen-bond donors (Lipinski definition) is 18. The van der Waals surface area contributed by atoms with Crippen LogP contribution < -0.4 is 31.9 Å². The van der Waals surface area contributed by atoms with Gasteiger partial charge in [0.25, 0.3) is 0 Å². The minimum atomic E-state index is -1.60. The number of unbranched alkanes of at least 4 members (excludes halogenated alkanes) is 1. The molecule has 0 saturated carbocycles. The van der Waals surface area contributed by atoms with Gasteiger partial charge in [0.2, 0.25) is 35.4 Å². The molecule has 18 N–H and O–H groups in total. The third-order valence-corrected chi connectivity index (χ3v) is 15.9. The molecule has 3 aliphatic heterocycles. The van der Waals surface area contributed by atoms with Crippen molar-refractivity contribution in [3.05, 3.63) is 0 Å². The molecule has 3 fully saturated rings. The Hall–Kier alpha value is -4.68. The Morgan fingerprint density at radius 1 is 0.340 bits per heavy atom. The van der Waals surface area contributed by atoms with Gasteiger partial charge in [0.1, 0.15) is 90.4 Å². The predicted molar refractivity (Wildman–Crippen MR) is 335 cm³/mol. The van der Waals surface area contributed by atoms with Crippen molar-refractivity contribution < 1.29 is 142 Å². The zero-order chi connectivity index (χ0) is 71.9. The van der Waals surface area contributed by atoms with E-state index < -0.39 is 141 Å². The summed E-state index contributed by atoms with van der Waals surface area (Å²) in [6, 6.07) is 0. The molecule has 6 amide bonds. The van der Waals surface area contributed by atoms with Crippen molar-refractivity contribution in [2.24, 2.45) is 5.41 Å². The van der Waals surface area contributed by atoms with Crippen molar-refractivity contribution in [1.29, 1.82) is 0 Å². The molecule has 35 nitrogen and oxygen atoms in total. The molecular formula is C62H110N6O29. The largest absolute Gasteiger partial charge is 0.394 e. The Bertz CT molecular complexity index is 2100. The van der Waals surface area contributed by atoms with Crippen molar-refractivity contribution in [2.75, 3.05) is 112 Å². The molecule has 0 aromatic carbocycles. The van der Waals surface area contributed by atoms with Crippen LogP contribution in [0.2, 0.25) is 0 Å². The number of ketones is 2. The van der Waals surface area contributed by atoms with Crippen molar-refractivity contribution >= 4 is 47.0 Å². The number of rotatable bonds is 51. The highest BCUT2D eigenvalue weighted by molar-refractivity contribution is 5.84. The van der Waals surface area contributed by atoms with Gasteiger partial charge in [-0.3, -0.25) is 38.4 Å². The summed E-state index contributed by atoms with van der Waals surface area (Å²) in [7, 11) is 0. The topological polar surface area (TPSA) is 535 Å². The van der Waals surface area contributed by atoms with E-state index in [1.54, 1.807) is 20.8 Å². The van der Waals surface area contributed by atoms with Crippen molar-refractivity contribution in [2.45, 2.75) is 228 Å². The van der Waals surface area contributed by atoms with Crippen LogP contribution in [-0.2, 0) is 81.0 Å². The monoisotopic (exact) mass is 1400 g/mol. The first-order chi connectivity index (χ1) is 46.2. The van der Waals surface area contributed by atoms with E-state index in [4.69, 9.17) is 42.6 Å². The first-order valence-corrected chi connectivity index (χ1v) is 33.4. The van der Waals surface area contributed by atoms with E-state index in [2.05, 4.69) is 31.9 Å². The zero-order valence-electron chi connectivity index (χ0n) is 56.0. The minimum Gasteiger partial charge on any atom is -0.394 e. The number of carbonyl (C=O) groups is 8. The van der Waals surface area contributed by atoms with Crippen LogP contribution in [0.3, 0.4) is 0 Å². The molecule has 0 aromatic rings. The molecule has 3 rings (SSSR count). The molecule has 3 heterocycles. The van der Waals surface area contributed by atoms with Crippen LogP contribution in [0.4, 0.5) is 0 Å². The number of hydrogen-bond acceptors (Lipinski definition) is 29. The van der Waals surface area contributed by atoms with Crippen LogP contribution in [0.25, 0.3) is 0 Å². The Morgan fingerprint density at radius 2 is 0.649 bits per heavy atom. The van der Waals surface area contributed by atoms with Crippen molar-refractivity contribution in [3.8, 4) is 0 Å². The lowest BCUT2D eigenvalue weighted by atomic mass is 9.88. The summed E-state index contributed by atoms with van der Waals surface area (Å²) >= 11 is 0. The SMILES string of the molecule is CC(C)(C)C(=O)CCCC(=O)NC(COCCC(=O)NCCCCC(=O)CCCO[C@@H]1OC(CO)[C@@H](O)[C@H](O)C1O)(COCCC(=O)NCCCNC(=O)CCCO[C@@H]1OC(CO)[C@@H](O)[C@H](O)C1O)COCCC(=O)NCCCNC(=O)CCCO[C@@H]1OC(CO)[C@@H](O)[C@H](O)C1O. The van der Waals surface area contributed by atoms with Gasteiger partial charge in [-0.15, -0.1) is 0 Å². The van der Waals surface area contributed by atoms with E-state index in [0.717, 1.165) is 0 Å². The fourth-order valence-corrected chi connectivity index (χ4v) is 9.95. The van der Waals surface area contributed by atoms with Gasteiger partial charge in [-0.1, -0.05) is 20.8 Å². The molecule has 35 heteroatoms. The van der Waals surface area contributed by atoms with Gasteiger partial charge in [-0.25, -0.2) is 0 Å². The second-order valence-corrected chi connectivity index (χ2v) is 25.2. The molecule has 0 radical (unpaired) electrons. The van der Waals surface area contributed by atoms with E-state index in [1.165, 1.54) is 0 Å². The number of Topliss-reactive ketones (excluding diaryl/α,β-unsaturated/α-hetero) is 2. The summed E-state index contributed by atoms with van der Waals surface area (Å²) in [4.78, 5) is 103. The van der Waals surface area contributed by atoms with Gasteiger partial charge in [0, 0.05) is 95.9 Å². The lowest BCUT2D eigenvalue weighted by Crippen LogP contribution is -2.59. The third kappa shape index (κ3) is 33.6. The molecule has 15 atom stereocenters. The van der Waals surface area contributed by atoms with Crippen molar-refractivity contribution in [1.82, 2.24) is 31.9 Å². The zero-order valence-corrected chi connectivity index (χ0v) is 56.0. The van der Waals surface area contributed by atoms with Gasteiger partial charge in [-0.2, -0.15) is 0 Å². The summed E-state index contributed by atoms with van der Waals surface area (Å²) in [6.07, 6.45) is -18.8. The van der Waals surface area contributed by atoms with Gasteiger partial charge < -0.3 is 136 Å². The van der Waals surface area contributed by atoms with Gasteiger partial charge in [0.15, 0.2) is 18.9 Å². The number of carbonyl (C=O) groups excluding carboxylic acids is 8. The second kappa shape index (κ2) is 47.4. The first-order valence-electron chi connectivity index (χ1n) is 33.4. The number of aliphatic hydroxyl groups excluding tert-OH is 12. The van der Waals surface area contributed by atoms with Gasteiger partial charge in [0.05, 0.1) is 79.3 Å².